The van der Waals surface area contributed by atoms with E-state index in [1.807, 2.05) is 0 Å². The van der Waals surface area contributed by atoms with Crippen molar-refractivity contribution in [2.24, 2.45) is 0 Å². The molecular weight excluding hydrogens is 459 g/mol. The predicted octanol–water partition coefficient (Wildman–Crippen LogP) is 4.23. The fraction of sp³-hybridized carbons (Fsp3) is 0.111. The minimum Gasteiger partial charge on any atom is -0.493 e. The van der Waals surface area contributed by atoms with Gasteiger partial charge in [0.1, 0.15) is 5.57 Å². The zero-order valence-corrected chi connectivity index (χ0v) is 17.3. The average molecular weight is 472 g/mol. The van der Waals surface area contributed by atoms with Crippen LogP contribution in [0.4, 0.5) is 5.69 Å². The molecule has 0 aromatic heterocycles. The van der Waals surface area contributed by atoms with Gasteiger partial charge in [-0.1, -0.05) is 39.1 Å². The van der Waals surface area contributed by atoms with E-state index in [-0.39, 0.29) is 10.6 Å². The zero-order valence-electron chi connectivity index (χ0n) is 14.2. The van der Waals surface area contributed by atoms with E-state index in [1.54, 1.807) is 24.3 Å². The van der Waals surface area contributed by atoms with Gasteiger partial charge in [-0.05, 0) is 42.0 Å². The fourth-order valence-electron chi connectivity index (χ4n) is 2.50. The fourth-order valence-corrected chi connectivity index (χ4v) is 3.23. The maximum atomic E-state index is 12.7. The quantitative estimate of drug-likeness (QED) is 0.535. The first-order chi connectivity index (χ1) is 12.8. The Kier molecular flexibility index (Phi) is 5.64. The summed E-state index contributed by atoms with van der Waals surface area (Å²) in [5, 5.41) is 1.74. The predicted molar refractivity (Wildman–Crippen MR) is 107 cm³/mol. The Bertz CT molecular complexity index is 978. The number of hydrogen-bond donors (Lipinski definition) is 1. The molecule has 0 atom stereocenters. The van der Waals surface area contributed by atoms with Crippen LogP contribution in [0.2, 0.25) is 10.0 Å². The van der Waals surface area contributed by atoms with Gasteiger partial charge in [-0.3, -0.25) is 15.0 Å². The lowest BCUT2D eigenvalue weighted by Crippen LogP contribution is -2.35. The van der Waals surface area contributed by atoms with Gasteiger partial charge in [-0.25, -0.2) is 5.01 Å². The minimum absolute atomic E-state index is 0.0333. The lowest BCUT2D eigenvalue weighted by molar-refractivity contribution is -0.117. The highest BCUT2D eigenvalue weighted by Gasteiger charge is 2.34. The third-order valence-electron chi connectivity index (χ3n) is 3.86. The van der Waals surface area contributed by atoms with Crippen LogP contribution in [0.15, 0.2) is 40.4 Å². The summed E-state index contributed by atoms with van der Waals surface area (Å²) in [5.41, 5.74) is 3.46. The SMILES string of the molecule is COc1cc(Br)c(C=C2C(=O)NN(c3ccc(Cl)c(Cl)c3)C2=O)cc1OC. The first-order valence-electron chi connectivity index (χ1n) is 7.59. The topological polar surface area (TPSA) is 67.9 Å². The van der Waals surface area contributed by atoms with Crippen molar-refractivity contribution in [3.63, 3.8) is 0 Å². The molecule has 0 bridgehead atoms. The molecule has 2 aromatic rings. The van der Waals surface area contributed by atoms with Gasteiger partial charge in [0.15, 0.2) is 11.5 Å². The Morgan fingerprint density at radius 1 is 1.04 bits per heavy atom. The normalized spacial score (nSPS) is 15.3. The second kappa shape index (κ2) is 7.80. The molecule has 1 fully saturated rings. The Morgan fingerprint density at radius 2 is 1.70 bits per heavy atom. The number of rotatable bonds is 4. The summed E-state index contributed by atoms with van der Waals surface area (Å²) in [4.78, 5) is 25.1. The largest absolute Gasteiger partial charge is 0.493 e. The lowest BCUT2D eigenvalue weighted by Gasteiger charge is -2.15. The molecule has 1 aliphatic rings. The summed E-state index contributed by atoms with van der Waals surface area (Å²) in [6, 6.07) is 7.99. The highest BCUT2D eigenvalue weighted by Crippen LogP contribution is 2.35. The number of anilines is 1. The molecule has 0 spiro atoms. The van der Waals surface area contributed by atoms with Crippen molar-refractivity contribution in [1.29, 1.82) is 0 Å². The molecule has 2 amide bonds. The molecule has 0 radical (unpaired) electrons. The summed E-state index contributed by atoms with van der Waals surface area (Å²) in [6.07, 6.45) is 1.47. The second-order valence-corrected chi connectivity index (χ2v) is 7.14. The Balaban J connectivity index is 1.99. The summed E-state index contributed by atoms with van der Waals surface area (Å²) >= 11 is 15.3. The average Bonchev–Trinajstić information content (AvgIpc) is 2.93. The summed E-state index contributed by atoms with van der Waals surface area (Å²) in [5.74, 6) is -0.0567. The van der Waals surface area contributed by atoms with Gasteiger partial charge in [-0.15, -0.1) is 0 Å². The van der Waals surface area contributed by atoms with Gasteiger partial charge in [0.2, 0.25) is 0 Å². The number of carbonyl (C=O) groups excluding carboxylic acids is 2. The molecule has 6 nitrogen and oxygen atoms in total. The van der Waals surface area contributed by atoms with Crippen LogP contribution in [-0.2, 0) is 9.59 Å². The lowest BCUT2D eigenvalue weighted by atomic mass is 10.1. The van der Waals surface area contributed by atoms with Crippen molar-refractivity contribution in [2.75, 3.05) is 19.2 Å². The summed E-state index contributed by atoms with van der Waals surface area (Å²) < 4.78 is 11.1. The number of carbonyl (C=O) groups is 2. The third-order valence-corrected chi connectivity index (χ3v) is 5.28. The molecule has 3 rings (SSSR count). The van der Waals surface area contributed by atoms with E-state index in [4.69, 9.17) is 32.7 Å². The molecule has 140 valence electrons. The molecule has 0 unspecified atom stereocenters. The van der Waals surface area contributed by atoms with Crippen LogP contribution in [-0.4, -0.2) is 26.0 Å². The van der Waals surface area contributed by atoms with Crippen LogP contribution in [0.5, 0.6) is 11.5 Å². The molecule has 27 heavy (non-hydrogen) atoms. The van der Waals surface area contributed by atoms with Gasteiger partial charge >= 0.3 is 0 Å². The number of nitrogens with one attached hydrogen (secondary N) is 1. The van der Waals surface area contributed by atoms with Crippen molar-refractivity contribution < 1.29 is 19.1 Å². The Labute approximate surface area is 173 Å². The Morgan fingerprint density at radius 3 is 2.33 bits per heavy atom. The van der Waals surface area contributed by atoms with Crippen molar-refractivity contribution in [3.05, 3.63) is 56.0 Å². The highest BCUT2D eigenvalue weighted by molar-refractivity contribution is 9.10. The molecule has 1 N–H and O–H groups in total. The summed E-state index contributed by atoms with van der Waals surface area (Å²) in [7, 11) is 3.02. The molecule has 0 saturated carbocycles. The van der Waals surface area contributed by atoms with E-state index in [9.17, 15) is 9.59 Å². The molecular formula is C18H13BrCl2N2O4. The minimum atomic E-state index is -0.534. The van der Waals surface area contributed by atoms with E-state index in [2.05, 4.69) is 21.4 Å². The third kappa shape index (κ3) is 3.76. The van der Waals surface area contributed by atoms with Gasteiger partial charge in [-0.2, -0.15) is 0 Å². The van der Waals surface area contributed by atoms with Crippen molar-refractivity contribution in [3.8, 4) is 11.5 Å². The smallest absolute Gasteiger partial charge is 0.282 e. The first kappa shape index (κ1) is 19.5. The number of ether oxygens (including phenoxy) is 2. The van der Waals surface area contributed by atoms with Gasteiger partial charge in [0.05, 0.1) is 30.0 Å². The van der Waals surface area contributed by atoms with Crippen LogP contribution < -0.4 is 19.9 Å². The van der Waals surface area contributed by atoms with Crippen molar-refractivity contribution in [2.45, 2.75) is 0 Å². The van der Waals surface area contributed by atoms with Crippen LogP contribution in [0.1, 0.15) is 5.56 Å². The van der Waals surface area contributed by atoms with Gasteiger partial charge in [0, 0.05) is 4.47 Å². The van der Waals surface area contributed by atoms with Crippen molar-refractivity contribution >= 4 is 62.7 Å². The summed E-state index contributed by atoms with van der Waals surface area (Å²) in [6.45, 7) is 0. The van der Waals surface area contributed by atoms with Crippen LogP contribution in [0.25, 0.3) is 6.08 Å². The first-order valence-corrected chi connectivity index (χ1v) is 9.14. The number of amides is 2. The van der Waals surface area contributed by atoms with E-state index in [0.29, 0.717) is 32.2 Å². The number of hydrogen-bond acceptors (Lipinski definition) is 4. The van der Waals surface area contributed by atoms with Gasteiger partial charge < -0.3 is 9.47 Å². The molecule has 1 heterocycles. The number of nitrogens with zero attached hydrogens (tertiary/aromatic N) is 1. The maximum absolute atomic E-state index is 12.7. The molecule has 1 aliphatic heterocycles. The zero-order chi connectivity index (χ0) is 19.7. The Hall–Kier alpha value is -2.22. The number of methoxy groups -OCH3 is 2. The van der Waals surface area contributed by atoms with E-state index < -0.39 is 11.8 Å². The van der Waals surface area contributed by atoms with E-state index >= 15 is 0 Å². The molecule has 0 aliphatic carbocycles. The van der Waals surface area contributed by atoms with Crippen LogP contribution >= 0.6 is 39.1 Å². The van der Waals surface area contributed by atoms with Crippen LogP contribution in [0.3, 0.4) is 0 Å². The molecule has 9 heteroatoms. The van der Waals surface area contributed by atoms with Gasteiger partial charge in [0.25, 0.3) is 11.8 Å². The second-order valence-electron chi connectivity index (χ2n) is 5.47. The number of hydrazine groups is 1. The number of benzene rings is 2. The van der Waals surface area contributed by atoms with Crippen LogP contribution in [0, 0.1) is 0 Å². The van der Waals surface area contributed by atoms with E-state index in [0.717, 1.165) is 5.01 Å². The highest BCUT2D eigenvalue weighted by atomic mass is 79.9. The molecule has 2 aromatic carbocycles. The maximum Gasteiger partial charge on any atom is 0.282 e. The molecule has 1 saturated heterocycles. The van der Waals surface area contributed by atoms with E-state index in [1.165, 1.54) is 26.4 Å². The van der Waals surface area contributed by atoms with Crippen molar-refractivity contribution in [1.82, 2.24) is 5.43 Å². The standard InChI is InChI=1S/C18H13BrCl2N2O4/c1-26-15-6-9(12(19)8-16(15)27-2)5-11-17(24)22-23(18(11)25)10-3-4-13(20)14(21)7-10/h3-8H,1-2H3,(H,22,24). The number of halogens is 3. The monoisotopic (exact) mass is 470 g/mol.